The van der Waals surface area contributed by atoms with Gasteiger partial charge in [-0.1, -0.05) is 129 Å². The first-order valence-corrected chi connectivity index (χ1v) is 44.2. The Morgan fingerprint density at radius 3 is 2.30 bits per heavy atom. The maximum absolute atomic E-state index is 12.7. The Morgan fingerprint density at radius 1 is 0.920 bits per heavy atom. The highest BCUT2D eigenvalue weighted by Crippen LogP contribution is 2.68. The van der Waals surface area contributed by atoms with E-state index in [0.717, 1.165) is 104 Å². The summed E-state index contributed by atoms with van der Waals surface area (Å²) in [6.45, 7) is 16.6. The molecule has 6 fully saturated rings. The minimum atomic E-state index is -1.57. The Morgan fingerprint density at radius 2 is 1.65 bits per heavy atom. The number of para-hydroxylation sites is 2. The standard InChI is InChI=1S/C22H30O5.C18H28N2O.C17H19NO3.C16H16N4O8S.C9H9Cl2N3.C9H13NO3/c1-12-8-14-15-5-7-22(27,18(26)11-23)21(15,3)10-17(25)19(14)20(2)6-4-13(24)9-16(12)20;1-4-5-12-20-13-7-6-11-16(20)18(21)19-17-14(2)9-8-10-15(17)3;1-18-7-6-17-10-3-5-13(20)16(17)21-15-12(19)4-2-9(14(15)17)8-11(10)18;1-26-19-9(8-3-2-4-27-8)12(21)18-10-13(22)20-11(15(23)24)7(5-28-16(17)25)6-29-14(10)20;10-6-2-1-3-7(11)8(6)14-9-12-4-5-13-9;1-10-5-9(13)6-2-3-7(11)8(12)4-6/h4,6,9,12,14-15,17,19,23,25,27H,5,7-8,10-11H2,1-3H3;8-10,16H,4-7,11-13H2,1-3H3,(H,19,21);2-5,10-11,13,16,19-20H,6-8H2,1H3;2-4,10,14H,5-6H2,1H3,(H2,17,25)(H,18,21)(H,23,24);1-3H,4-5H2,(H2,12,13,14);2-4,9-13H,5H2,1H3/b;;;19-9-;;/t12-,14-,15-,17-,19+,20-,21-,22-;;10-,11+,13-,16-,17-;10-,14-;;9-/m0.01.0/s1. The SMILES string of the molecule is CCCCN1CCCCC1C(=O)Nc1c(C)cccc1C.CN1CC[C@]23c4c5ccc(O)c4O[C@H]2[C@@H](O)C=C[C@H]3[C@H]1C5.CNC[C@H](O)c1ccc(O)c(O)c1.CO/N=C(\C(=O)N[C@@H]1C(=O)N2C(C(=O)O)=C(COC(N)=O)CS[C@H]12)c1ccco1.C[C@H]1C[C@@H]2[C@H]([C@@H](O)C[C@@]3(C)[C@H]2CC[C@]3(O)C(=O)CO)[C@@]2(C)C=CC(=O)C=C12.Clc1cccc(Cl)c1NC1=NCCN1. The number of carboxylic acids is 1. The van der Waals surface area contributed by atoms with Crippen LogP contribution in [0.2, 0.25) is 10.0 Å². The molecule has 16 N–H and O–H groups in total. The number of likely N-dealkylation sites (tertiary alicyclic amines) is 2. The number of fused-ring (bicyclic) bond motifs is 6. The number of thioether (sulfide) groups is 1. The lowest BCUT2D eigenvalue weighted by atomic mass is 9.45. The number of hydrogen-bond acceptors (Lipinski definition) is 27. The predicted octanol–water partition coefficient (Wildman–Crippen LogP) is 9.08. The molecule has 1 aromatic heterocycles. The topological polar surface area (TPSA) is 463 Å². The number of nitrogens with two attached hydrogens (primary N) is 1. The van der Waals surface area contributed by atoms with E-state index >= 15 is 0 Å². The number of unbranched alkanes of at least 4 members (excludes halogenated alkanes) is 1. The van der Waals surface area contributed by atoms with Gasteiger partial charge in [0.15, 0.2) is 46.3 Å². The zero-order valence-corrected chi connectivity index (χ0v) is 73.9. The number of amides is 4. The van der Waals surface area contributed by atoms with Crippen LogP contribution in [0.4, 0.5) is 16.2 Å². The number of Topliss-reactive ketones (excluding diaryl/α,β-unsaturated/α-hetero) is 1. The van der Waals surface area contributed by atoms with Gasteiger partial charge in [-0.05, 0) is 200 Å². The van der Waals surface area contributed by atoms with Gasteiger partial charge in [0.2, 0.25) is 11.6 Å². The van der Waals surface area contributed by atoms with E-state index < -0.39 is 77.0 Å². The minimum Gasteiger partial charge on any atom is -0.504 e. The Bertz CT molecular complexity index is 5010. The summed E-state index contributed by atoms with van der Waals surface area (Å²) in [6.07, 6.45) is 17.4. The van der Waals surface area contributed by atoms with Gasteiger partial charge < -0.3 is 102 Å². The smallest absolute Gasteiger partial charge is 0.404 e. The van der Waals surface area contributed by atoms with Gasteiger partial charge in [-0.3, -0.25) is 38.8 Å². The molecule has 4 amide bonds. The first-order chi connectivity index (χ1) is 59.6. The summed E-state index contributed by atoms with van der Waals surface area (Å²) in [5.74, 6) is -0.773. The number of allylic oxidation sites excluding steroid dienone is 4. The van der Waals surface area contributed by atoms with E-state index in [-0.39, 0.29) is 111 Å². The molecule has 674 valence electrons. The Kier molecular flexibility index (Phi) is 30.2. The van der Waals surface area contributed by atoms with Crippen LogP contribution in [0, 0.1) is 54.3 Å². The van der Waals surface area contributed by atoms with E-state index in [4.69, 9.17) is 48.3 Å². The largest absolute Gasteiger partial charge is 0.504 e. The highest BCUT2D eigenvalue weighted by atomic mass is 35.5. The third-order valence-corrected chi connectivity index (χ3v) is 28.9. The van der Waals surface area contributed by atoms with E-state index in [2.05, 4.69) is 116 Å². The van der Waals surface area contributed by atoms with Crippen molar-refractivity contribution in [2.24, 2.45) is 56.3 Å². The van der Waals surface area contributed by atoms with E-state index in [1.54, 1.807) is 55.6 Å². The molecule has 17 rings (SSSR count). The molecule has 0 radical (unpaired) electrons. The van der Waals surface area contributed by atoms with Crippen LogP contribution in [-0.2, 0) is 50.2 Å². The number of aliphatic imine (C=N–C) groups is 1. The number of halogens is 2. The van der Waals surface area contributed by atoms with Crippen molar-refractivity contribution in [3.8, 4) is 23.0 Å². The fourth-order valence-corrected chi connectivity index (χ4v) is 22.7. The number of carbonyl (C=O) groups excluding carboxylic acids is 6. The van der Waals surface area contributed by atoms with Gasteiger partial charge in [0.05, 0.1) is 46.8 Å². The number of piperidine rings is 2. The Hall–Kier alpha value is -9.84. The third kappa shape index (κ3) is 19.1. The van der Waals surface area contributed by atoms with Crippen LogP contribution in [0.1, 0.15) is 132 Å². The van der Waals surface area contributed by atoms with Crippen LogP contribution in [0.5, 0.6) is 23.0 Å². The first kappa shape index (κ1) is 94.3. The molecular weight excluding hydrogens is 1670 g/mol. The number of nitrogens with one attached hydrogen (secondary N) is 5. The van der Waals surface area contributed by atoms with Gasteiger partial charge in [0.1, 0.15) is 55.2 Å². The summed E-state index contributed by atoms with van der Waals surface area (Å²) < 4.78 is 15.9. The zero-order valence-electron chi connectivity index (χ0n) is 71.6. The monoisotopic (exact) mass is 1780 g/mol. The number of aromatic hydroxyl groups is 3. The number of ether oxygens (including phenoxy) is 2. The van der Waals surface area contributed by atoms with Gasteiger partial charge >= 0.3 is 12.1 Å². The number of likely N-dealkylation sites (N-methyl/N-ethyl adjacent to an activating group) is 2. The van der Waals surface area contributed by atoms with E-state index in [0.29, 0.717) is 58.4 Å². The van der Waals surface area contributed by atoms with Crippen LogP contribution >= 0.6 is 35.0 Å². The summed E-state index contributed by atoms with van der Waals surface area (Å²) in [5.41, 5.74) is 9.91. The number of aliphatic hydroxyl groups is 5. The molecule has 3 saturated heterocycles. The summed E-state index contributed by atoms with van der Waals surface area (Å²) in [5, 5.41) is 108. The Labute approximate surface area is 740 Å². The fourth-order valence-electron chi connectivity index (χ4n) is 20.9. The number of phenols is 3. The maximum atomic E-state index is 12.7. The third-order valence-electron chi connectivity index (χ3n) is 26.9. The van der Waals surface area contributed by atoms with Crippen molar-refractivity contribution in [2.75, 3.05) is 90.1 Å². The molecule has 34 heteroatoms. The van der Waals surface area contributed by atoms with Crippen LogP contribution < -0.4 is 37.1 Å². The number of guanidine groups is 1. The summed E-state index contributed by atoms with van der Waals surface area (Å²) in [6, 6.07) is 22.1. The van der Waals surface area contributed by atoms with E-state index in [1.807, 2.05) is 31.2 Å². The lowest BCUT2D eigenvalue weighted by Gasteiger charge is -2.60. The number of β-lactam (4-membered cyclic amide) rings is 1. The molecule has 6 aliphatic heterocycles. The zero-order chi connectivity index (χ0) is 90.3. The van der Waals surface area contributed by atoms with Crippen molar-refractivity contribution in [3.05, 3.63) is 176 Å². The molecule has 7 heterocycles. The molecule has 12 aliphatic rings. The van der Waals surface area contributed by atoms with Gasteiger partial charge in [0.25, 0.3) is 11.8 Å². The highest BCUT2D eigenvalue weighted by molar-refractivity contribution is 8.00. The summed E-state index contributed by atoms with van der Waals surface area (Å²) >= 11 is 13.2. The number of primary amides is 1. The van der Waals surface area contributed by atoms with Gasteiger partial charge in [-0.25, -0.2) is 9.59 Å². The average Bonchev–Trinajstić information content (AvgIpc) is 1.50. The van der Waals surface area contributed by atoms with E-state index in [1.165, 1.54) is 73.7 Å². The van der Waals surface area contributed by atoms with Crippen molar-refractivity contribution in [1.29, 1.82) is 0 Å². The lowest BCUT2D eigenvalue weighted by molar-refractivity contribution is -0.180. The van der Waals surface area contributed by atoms with E-state index in [9.17, 15) is 69.3 Å². The summed E-state index contributed by atoms with van der Waals surface area (Å²) in [7, 11) is 5.17. The van der Waals surface area contributed by atoms with Crippen molar-refractivity contribution in [1.82, 2.24) is 30.7 Å². The quantitative estimate of drug-likeness (QED) is 0.0128. The number of hydrogen-bond donors (Lipinski definition) is 15. The number of carbonyl (C=O) groups is 7. The number of ketones is 2. The molecule has 4 aromatic carbocycles. The fraction of sp³-hybridized carbons (Fsp3) is 0.505. The van der Waals surface area contributed by atoms with Crippen LogP contribution in [0.15, 0.2) is 147 Å². The number of benzene rings is 4. The molecule has 6 aliphatic carbocycles. The molecule has 2 bridgehead atoms. The molecule has 31 nitrogen and oxygen atoms in total. The first-order valence-electron chi connectivity index (χ1n) is 42.4. The molecule has 3 saturated carbocycles. The second-order valence-corrected chi connectivity index (χ2v) is 36.3. The number of rotatable bonds is 18. The highest BCUT2D eigenvalue weighted by Gasteiger charge is 2.69. The normalized spacial score (nSPS) is 29.4. The van der Waals surface area contributed by atoms with Crippen molar-refractivity contribution in [3.63, 3.8) is 0 Å². The number of furan rings is 1. The number of aliphatic carboxylic acids is 1. The van der Waals surface area contributed by atoms with Crippen molar-refractivity contribution >= 4 is 99.4 Å². The number of anilines is 2. The van der Waals surface area contributed by atoms with Crippen molar-refractivity contribution in [2.45, 2.75) is 171 Å². The van der Waals surface area contributed by atoms with Crippen LogP contribution in [0.25, 0.3) is 0 Å². The predicted molar refractivity (Wildman–Crippen MR) is 472 cm³/mol. The molecule has 1 unspecified atom stereocenters. The van der Waals surface area contributed by atoms with Crippen LogP contribution in [-0.4, -0.2) is 241 Å². The lowest BCUT2D eigenvalue weighted by Crippen LogP contribution is -2.71. The van der Waals surface area contributed by atoms with Gasteiger partial charge in [-0.2, -0.15) is 0 Å². The van der Waals surface area contributed by atoms with Gasteiger partial charge in [-0.15, -0.1) is 11.8 Å². The molecule has 125 heavy (non-hydrogen) atoms. The molecule has 5 aromatic rings. The maximum Gasteiger partial charge on any atom is 0.404 e. The summed E-state index contributed by atoms with van der Waals surface area (Å²) in [4.78, 5) is 99.3. The number of phenolic OH excluding ortho intramolecular Hbond substituents is 3. The second kappa shape index (κ2) is 40.0. The molecular formula is C91H115Cl2N11O20S. The van der Waals surface area contributed by atoms with Gasteiger partial charge in [0, 0.05) is 69.8 Å². The number of aryl methyl sites for hydroxylation is 2. The second-order valence-electron chi connectivity index (χ2n) is 34.3. The molecule has 1 spiro atoms. The number of aliphatic hydroxyl groups excluding tert-OH is 4. The number of oxime groups is 1. The van der Waals surface area contributed by atoms with Crippen molar-refractivity contribution < 1.29 is 98.2 Å². The van der Waals surface area contributed by atoms with Crippen LogP contribution in [0.3, 0.4) is 0 Å². The number of carboxylic acid groups (broad SMARTS) is 1. The number of nitrogens with zero attached hydrogens (tertiary/aromatic N) is 5. The minimum absolute atomic E-state index is 0.00620. The Balaban J connectivity index is 0.000000139. The average molecular weight is 1790 g/mol. The molecule has 17 atom stereocenters.